The van der Waals surface area contributed by atoms with E-state index in [4.69, 9.17) is 15.3 Å². The molecule has 0 aromatic heterocycles. The molecular formula is C9H21O3S3Sb. The number of aliphatic hydroxyl groups is 3. The fourth-order valence-corrected chi connectivity index (χ4v) is 0.581. The number of aliphatic hydroxyl groups excluding tert-OH is 3. The van der Waals surface area contributed by atoms with Gasteiger partial charge in [0.25, 0.3) is 0 Å². The number of rotatable bonds is 6. The average Bonchev–Trinajstić information content (AvgIpc) is 2.23. The van der Waals surface area contributed by atoms with E-state index in [-0.39, 0.29) is 44.2 Å². The molecule has 0 atom stereocenters. The summed E-state index contributed by atoms with van der Waals surface area (Å²) in [5.41, 5.74) is 0. The minimum Gasteiger partial charge on any atom is -0.793 e. The Morgan fingerprint density at radius 2 is 0.750 bits per heavy atom. The van der Waals surface area contributed by atoms with E-state index < -0.39 is 0 Å². The maximum atomic E-state index is 8.00. The fraction of sp³-hybridized carbons (Fsp3) is 1.00. The first-order valence-electron chi connectivity index (χ1n) is 4.81. The summed E-state index contributed by atoms with van der Waals surface area (Å²) in [6, 6.07) is 0. The number of hydrogen-bond donors (Lipinski definition) is 3. The minimum atomic E-state index is 0. The Balaban J connectivity index is -0.0000000655. The van der Waals surface area contributed by atoms with Crippen molar-refractivity contribution in [3.63, 3.8) is 0 Å². The van der Waals surface area contributed by atoms with E-state index in [2.05, 4.69) is 37.9 Å². The van der Waals surface area contributed by atoms with Crippen molar-refractivity contribution in [3.05, 3.63) is 0 Å². The van der Waals surface area contributed by atoms with Gasteiger partial charge in [0.05, 0.1) is 0 Å². The topological polar surface area (TPSA) is 60.7 Å². The van der Waals surface area contributed by atoms with Gasteiger partial charge in [0.15, 0.2) is 0 Å². The molecule has 98 valence electrons. The van der Waals surface area contributed by atoms with Crippen molar-refractivity contribution in [1.82, 2.24) is 0 Å². The van der Waals surface area contributed by atoms with Gasteiger partial charge in [-0.25, -0.2) is 0 Å². The van der Waals surface area contributed by atoms with Crippen LogP contribution in [0.3, 0.4) is 0 Å². The van der Waals surface area contributed by atoms with E-state index >= 15 is 0 Å². The Kier molecular flexibility index (Phi) is 59.2. The quantitative estimate of drug-likeness (QED) is 0.411. The number of hydrogen-bond acceptors (Lipinski definition) is 6. The second-order valence-electron chi connectivity index (χ2n) is 2.34. The monoisotopic (exact) mass is 394 g/mol. The summed E-state index contributed by atoms with van der Waals surface area (Å²) in [6.45, 7) is 0.719. The van der Waals surface area contributed by atoms with Crippen molar-refractivity contribution >= 4 is 62.3 Å². The minimum absolute atomic E-state index is 0. The van der Waals surface area contributed by atoms with Crippen molar-refractivity contribution < 1.29 is 15.3 Å². The van der Waals surface area contributed by atoms with Crippen LogP contribution >= 0.6 is 0 Å². The Bertz CT molecular complexity index is 62.8. The molecule has 0 aliphatic carbocycles. The molecule has 0 aliphatic heterocycles. The van der Waals surface area contributed by atoms with Gasteiger partial charge in [-0.05, 0) is 0 Å². The SMILES string of the molecule is OCCC[S-].OCCC[S-].OCCC[S-].[Sb+3]. The first kappa shape index (κ1) is 26.3. The van der Waals surface area contributed by atoms with Crippen LogP contribution in [0.1, 0.15) is 19.3 Å². The van der Waals surface area contributed by atoms with Gasteiger partial charge in [0, 0.05) is 19.8 Å². The molecule has 0 rings (SSSR count). The third-order valence-corrected chi connectivity index (χ3v) is 1.77. The van der Waals surface area contributed by atoms with Gasteiger partial charge >= 0.3 is 24.4 Å². The van der Waals surface area contributed by atoms with E-state index in [1.165, 1.54) is 0 Å². The Hall–Kier alpha value is 1.75. The molecule has 0 aliphatic rings. The smallest absolute Gasteiger partial charge is 0.793 e. The zero-order valence-corrected chi connectivity index (χ0v) is 14.4. The summed E-state index contributed by atoms with van der Waals surface area (Å²) in [6.07, 6.45) is 2.28. The molecule has 0 bridgehead atoms. The van der Waals surface area contributed by atoms with Gasteiger partial charge in [-0.2, -0.15) is 17.3 Å². The molecule has 0 fully saturated rings. The van der Waals surface area contributed by atoms with Gasteiger partial charge in [0.1, 0.15) is 0 Å². The molecule has 3 N–H and O–H groups in total. The van der Waals surface area contributed by atoms with Crippen LogP contribution < -0.4 is 0 Å². The van der Waals surface area contributed by atoms with E-state index in [0.717, 1.165) is 19.3 Å². The third kappa shape index (κ3) is 57.1. The van der Waals surface area contributed by atoms with Crippen LogP contribution in [0.15, 0.2) is 0 Å². The zero-order chi connectivity index (χ0) is 12.4. The van der Waals surface area contributed by atoms with Gasteiger partial charge in [0.2, 0.25) is 0 Å². The molecule has 0 aromatic carbocycles. The van der Waals surface area contributed by atoms with E-state index in [9.17, 15) is 0 Å². The van der Waals surface area contributed by atoms with Gasteiger partial charge in [-0.1, -0.05) is 19.3 Å². The molecule has 0 aromatic rings. The summed E-state index contributed by atoms with van der Waals surface area (Å²) in [7, 11) is 0. The van der Waals surface area contributed by atoms with Crippen LogP contribution in [0.5, 0.6) is 0 Å². The summed E-state index contributed by atoms with van der Waals surface area (Å²) >= 11 is 13.5. The van der Waals surface area contributed by atoms with Crippen LogP contribution in [0.2, 0.25) is 0 Å². The Morgan fingerprint density at radius 1 is 0.562 bits per heavy atom. The maximum Gasteiger partial charge on any atom is 3.00 e. The van der Waals surface area contributed by atoms with Gasteiger partial charge in [-0.3, -0.25) is 0 Å². The fourth-order valence-electron chi connectivity index (χ4n) is 0.194. The third-order valence-electron chi connectivity index (χ3n) is 0.907. The summed E-state index contributed by atoms with van der Waals surface area (Å²) < 4.78 is 0. The summed E-state index contributed by atoms with van der Waals surface area (Å²) in [5.74, 6) is 2.03. The Morgan fingerprint density at radius 3 is 0.750 bits per heavy atom. The Labute approximate surface area is 133 Å². The van der Waals surface area contributed by atoms with E-state index in [1.807, 2.05) is 0 Å². The van der Waals surface area contributed by atoms with Crippen LogP contribution in [0.4, 0.5) is 0 Å². The second kappa shape index (κ2) is 36.0. The zero-order valence-electron chi connectivity index (χ0n) is 9.38. The standard InChI is InChI=1S/3C3H8OS.Sb/c3*4-2-1-3-5;/h3*4-5H,1-3H2;/q;;;+3/p-3. The largest absolute Gasteiger partial charge is 3.00 e. The van der Waals surface area contributed by atoms with Crippen molar-refractivity contribution in [2.24, 2.45) is 0 Å². The van der Waals surface area contributed by atoms with Crippen LogP contribution in [-0.4, -0.2) is 76.8 Å². The molecular weight excluding hydrogens is 374 g/mol. The van der Waals surface area contributed by atoms with Gasteiger partial charge < -0.3 is 53.2 Å². The molecule has 0 saturated carbocycles. The molecule has 0 heterocycles. The molecule has 3 nitrogen and oxygen atoms in total. The van der Waals surface area contributed by atoms with Crippen molar-refractivity contribution in [2.45, 2.75) is 19.3 Å². The van der Waals surface area contributed by atoms with Crippen LogP contribution in [0.25, 0.3) is 0 Å². The van der Waals surface area contributed by atoms with Crippen molar-refractivity contribution in [1.29, 1.82) is 0 Å². The normalized spacial score (nSPS) is 7.88. The average molecular weight is 395 g/mol. The summed E-state index contributed by atoms with van der Waals surface area (Å²) in [5, 5.41) is 24.0. The molecule has 0 amide bonds. The van der Waals surface area contributed by atoms with Crippen molar-refractivity contribution in [3.8, 4) is 0 Å². The first-order chi connectivity index (χ1) is 7.24. The second-order valence-corrected chi connectivity index (χ2v) is 3.57. The molecule has 0 saturated heterocycles. The van der Waals surface area contributed by atoms with Crippen LogP contribution in [0, 0.1) is 0 Å². The summed E-state index contributed by atoms with van der Waals surface area (Å²) in [4.78, 5) is 0. The van der Waals surface area contributed by atoms with E-state index in [1.54, 1.807) is 0 Å². The predicted octanol–water partition coefficient (Wildman–Crippen LogP) is -0.634. The molecule has 0 unspecified atom stereocenters. The molecule has 7 heteroatoms. The van der Waals surface area contributed by atoms with Gasteiger partial charge in [-0.15, -0.1) is 0 Å². The van der Waals surface area contributed by atoms with Crippen molar-refractivity contribution in [2.75, 3.05) is 37.1 Å². The first-order valence-corrected chi connectivity index (χ1v) is 6.55. The molecule has 0 spiro atoms. The van der Waals surface area contributed by atoms with Crippen LogP contribution in [-0.2, 0) is 37.9 Å². The molecule has 2 radical (unpaired) electrons. The molecule has 16 heavy (non-hydrogen) atoms. The predicted molar refractivity (Wildman–Crippen MR) is 77.6 cm³/mol. The maximum absolute atomic E-state index is 8.00. The van der Waals surface area contributed by atoms with E-state index in [0.29, 0.717) is 17.3 Å².